The second-order valence-electron chi connectivity index (χ2n) is 4.75. The normalized spacial score (nSPS) is 19.1. The number of Topliss-reactive ketones (excluding diaryl/α,β-unsaturated/α-hetero) is 1. The van der Waals surface area contributed by atoms with Crippen LogP contribution in [0.15, 0.2) is 4.79 Å². The predicted molar refractivity (Wildman–Crippen MR) is 61.0 cm³/mol. The molecule has 0 atom stereocenters. The molecule has 3 nitrogen and oxygen atoms in total. The van der Waals surface area contributed by atoms with Gasteiger partial charge in [-0.15, -0.1) is 0 Å². The summed E-state index contributed by atoms with van der Waals surface area (Å²) in [5, 5.41) is 0. The van der Waals surface area contributed by atoms with Gasteiger partial charge in [0, 0.05) is 23.2 Å². The van der Waals surface area contributed by atoms with E-state index < -0.39 is 0 Å². The summed E-state index contributed by atoms with van der Waals surface area (Å²) in [5.74, 6) is 0.232. The molecule has 0 unspecified atom stereocenters. The minimum absolute atomic E-state index is 0.0446. The maximum Gasteiger partial charge on any atom is 0.251 e. The number of rotatable bonds is 0. The van der Waals surface area contributed by atoms with Gasteiger partial charge in [0.15, 0.2) is 5.78 Å². The molecule has 1 aromatic rings. The van der Waals surface area contributed by atoms with Crippen molar-refractivity contribution in [2.24, 2.45) is 0 Å². The van der Waals surface area contributed by atoms with E-state index in [9.17, 15) is 9.59 Å². The van der Waals surface area contributed by atoms with Gasteiger partial charge in [-0.2, -0.15) is 0 Å². The first kappa shape index (κ1) is 9.82. The van der Waals surface area contributed by atoms with Crippen LogP contribution in [0, 0.1) is 0 Å². The molecule has 0 saturated heterocycles. The van der Waals surface area contributed by atoms with Crippen molar-refractivity contribution in [1.29, 1.82) is 0 Å². The fourth-order valence-corrected chi connectivity index (χ4v) is 2.96. The number of carbonyl (C=O) groups is 1. The Hall–Kier alpha value is -1.38. The van der Waals surface area contributed by atoms with E-state index in [-0.39, 0.29) is 11.3 Å². The van der Waals surface area contributed by atoms with E-state index >= 15 is 0 Å². The Kier molecular flexibility index (Phi) is 2.20. The molecule has 0 bridgehead atoms. The molecule has 0 saturated carbocycles. The molecule has 0 amide bonds. The molecule has 0 fully saturated rings. The number of nitrogens with one attached hydrogen (secondary N) is 1. The maximum atomic E-state index is 11.9. The second-order valence-corrected chi connectivity index (χ2v) is 4.75. The zero-order valence-electron chi connectivity index (χ0n) is 9.27. The minimum atomic E-state index is 0.0446. The number of carbonyl (C=O) groups excluding carboxylic acids is 1. The highest BCUT2D eigenvalue weighted by molar-refractivity contribution is 5.99. The zero-order valence-corrected chi connectivity index (χ0v) is 9.27. The van der Waals surface area contributed by atoms with Gasteiger partial charge in [-0.1, -0.05) is 0 Å². The summed E-state index contributed by atoms with van der Waals surface area (Å²) in [5.41, 5.74) is 3.74. The molecule has 0 aromatic carbocycles. The molecule has 1 aromatic heterocycles. The van der Waals surface area contributed by atoms with Crippen LogP contribution in [-0.4, -0.2) is 10.8 Å². The Morgan fingerprint density at radius 1 is 0.812 bits per heavy atom. The van der Waals surface area contributed by atoms with Crippen molar-refractivity contribution < 1.29 is 4.79 Å². The van der Waals surface area contributed by atoms with Gasteiger partial charge < -0.3 is 4.98 Å². The standard InChI is InChI=1S/C13H15NO2/c15-11-7-3-6-10-12(11)8-4-1-2-5-9(8)13(16)14-10/h1-7H2,(H,14,16). The van der Waals surface area contributed by atoms with Crippen LogP contribution in [0.25, 0.3) is 0 Å². The van der Waals surface area contributed by atoms with E-state index in [0.29, 0.717) is 6.42 Å². The van der Waals surface area contributed by atoms with E-state index in [2.05, 4.69) is 4.98 Å². The summed E-state index contributed by atoms with van der Waals surface area (Å²) >= 11 is 0. The average molecular weight is 217 g/mol. The molecule has 16 heavy (non-hydrogen) atoms. The van der Waals surface area contributed by atoms with Crippen LogP contribution in [-0.2, 0) is 19.3 Å². The highest BCUT2D eigenvalue weighted by atomic mass is 16.1. The molecule has 0 spiro atoms. The minimum Gasteiger partial charge on any atom is -0.325 e. The van der Waals surface area contributed by atoms with Crippen molar-refractivity contribution in [2.45, 2.75) is 44.9 Å². The molecule has 3 heteroatoms. The Balaban J connectivity index is 2.29. The number of aryl methyl sites for hydroxylation is 1. The first-order valence-corrected chi connectivity index (χ1v) is 6.07. The number of hydrogen-bond donors (Lipinski definition) is 1. The van der Waals surface area contributed by atoms with Gasteiger partial charge in [0.1, 0.15) is 0 Å². The first-order chi connectivity index (χ1) is 7.77. The van der Waals surface area contributed by atoms with Crippen molar-refractivity contribution in [3.8, 4) is 0 Å². The van der Waals surface area contributed by atoms with Gasteiger partial charge in [-0.25, -0.2) is 0 Å². The highest BCUT2D eigenvalue weighted by Gasteiger charge is 2.26. The zero-order chi connectivity index (χ0) is 11.1. The molecule has 0 radical (unpaired) electrons. The smallest absolute Gasteiger partial charge is 0.251 e. The van der Waals surface area contributed by atoms with E-state index in [1.807, 2.05) is 0 Å². The third-order valence-electron chi connectivity index (χ3n) is 3.72. The number of aromatic nitrogens is 1. The van der Waals surface area contributed by atoms with Gasteiger partial charge in [-0.3, -0.25) is 9.59 Å². The van der Waals surface area contributed by atoms with Crippen molar-refractivity contribution in [3.63, 3.8) is 0 Å². The largest absolute Gasteiger partial charge is 0.325 e. The molecule has 3 rings (SSSR count). The fourth-order valence-electron chi connectivity index (χ4n) is 2.96. The average Bonchev–Trinajstić information content (AvgIpc) is 2.29. The number of fused-ring (bicyclic) bond motifs is 3. The molecular weight excluding hydrogens is 202 g/mol. The van der Waals surface area contributed by atoms with Gasteiger partial charge in [0.2, 0.25) is 0 Å². The lowest BCUT2D eigenvalue weighted by molar-refractivity contribution is 0.0970. The van der Waals surface area contributed by atoms with Crippen LogP contribution in [0.2, 0.25) is 0 Å². The SMILES string of the molecule is O=C1CCCc2[nH]c(=O)c3c(c21)CCCC3. The monoisotopic (exact) mass is 217 g/mol. The molecule has 1 N–H and O–H groups in total. The summed E-state index contributed by atoms with van der Waals surface area (Å²) < 4.78 is 0. The number of H-pyrrole nitrogens is 1. The van der Waals surface area contributed by atoms with Crippen molar-refractivity contribution in [1.82, 2.24) is 4.98 Å². The topological polar surface area (TPSA) is 49.9 Å². The summed E-state index contributed by atoms with van der Waals surface area (Å²) in [4.78, 5) is 26.7. The Morgan fingerprint density at radius 2 is 1.56 bits per heavy atom. The third-order valence-corrected chi connectivity index (χ3v) is 3.72. The lowest BCUT2D eigenvalue weighted by Gasteiger charge is -2.23. The van der Waals surface area contributed by atoms with E-state index in [1.165, 1.54) is 0 Å². The maximum absolute atomic E-state index is 11.9. The Morgan fingerprint density at radius 3 is 2.38 bits per heavy atom. The van der Waals surface area contributed by atoms with Crippen LogP contribution in [0.1, 0.15) is 52.9 Å². The molecule has 2 aliphatic rings. The van der Waals surface area contributed by atoms with Crippen molar-refractivity contribution in [3.05, 3.63) is 32.7 Å². The predicted octanol–water partition coefficient (Wildman–Crippen LogP) is 1.77. The van der Waals surface area contributed by atoms with Crippen LogP contribution in [0.3, 0.4) is 0 Å². The summed E-state index contributed by atoms with van der Waals surface area (Å²) in [7, 11) is 0. The molecular formula is C13H15NO2. The van der Waals surface area contributed by atoms with Crippen LogP contribution >= 0.6 is 0 Å². The van der Waals surface area contributed by atoms with Gasteiger partial charge in [-0.05, 0) is 44.1 Å². The lowest BCUT2D eigenvalue weighted by atomic mass is 9.83. The summed E-state index contributed by atoms with van der Waals surface area (Å²) in [6.07, 6.45) is 6.30. The lowest BCUT2D eigenvalue weighted by Crippen LogP contribution is -2.27. The number of pyridine rings is 1. The quantitative estimate of drug-likeness (QED) is 0.720. The molecule has 0 aliphatic heterocycles. The Bertz CT molecular complexity index is 513. The number of aromatic amines is 1. The van der Waals surface area contributed by atoms with E-state index in [1.54, 1.807) is 0 Å². The fraction of sp³-hybridized carbons (Fsp3) is 0.538. The van der Waals surface area contributed by atoms with Crippen LogP contribution < -0.4 is 5.56 Å². The number of ketones is 1. The van der Waals surface area contributed by atoms with Gasteiger partial charge in [0.25, 0.3) is 5.56 Å². The van der Waals surface area contributed by atoms with Crippen molar-refractivity contribution in [2.75, 3.05) is 0 Å². The summed E-state index contributed by atoms with van der Waals surface area (Å²) in [6, 6.07) is 0. The summed E-state index contributed by atoms with van der Waals surface area (Å²) in [6.45, 7) is 0. The van der Waals surface area contributed by atoms with Crippen LogP contribution in [0.5, 0.6) is 0 Å². The second kappa shape index (κ2) is 3.58. The third kappa shape index (κ3) is 1.34. The van der Waals surface area contributed by atoms with Gasteiger partial charge >= 0.3 is 0 Å². The van der Waals surface area contributed by atoms with E-state index in [0.717, 1.165) is 60.9 Å². The molecule has 1 heterocycles. The molecule has 2 aliphatic carbocycles. The first-order valence-electron chi connectivity index (χ1n) is 6.07. The van der Waals surface area contributed by atoms with Crippen LogP contribution in [0.4, 0.5) is 0 Å². The number of hydrogen-bond acceptors (Lipinski definition) is 2. The van der Waals surface area contributed by atoms with Gasteiger partial charge in [0.05, 0.1) is 0 Å². The highest BCUT2D eigenvalue weighted by Crippen LogP contribution is 2.28. The van der Waals surface area contributed by atoms with Crippen molar-refractivity contribution >= 4 is 5.78 Å². The van der Waals surface area contributed by atoms with E-state index in [4.69, 9.17) is 0 Å². The molecule has 84 valence electrons. The Labute approximate surface area is 93.9 Å².